The molecule has 4 unspecified atom stereocenters. The van der Waals surface area contributed by atoms with Gasteiger partial charge in [0.15, 0.2) is 0 Å². The van der Waals surface area contributed by atoms with Crippen LogP contribution in [0.25, 0.3) is 0 Å². The largest absolute Gasteiger partial charge is 0.497 e. The van der Waals surface area contributed by atoms with Gasteiger partial charge in [-0.05, 0) is 43.4 Å². The first-order chi connectivity index (χ1) is 9.60. The fraction of sp³-hybridized carbons (Fsp3) is 0.647. The Kier molecular flexibility index (Phi) is 5.79. The van der Waals surface area contributed by atoms with E-state index in [1.54, 1.807) is 7.11 Å². The molecule has 0 amide bonds. The van der Waals surface area contributed by atoms with Crippen LogP contribution in [0.1, 0.15) is 50.3 Å². The Labute approximate surface area is 127 Å². The van der Waals surface area contributed by atoms with E-state index in [4.69, 9.17) is 10.5 Å². The lowest BCUT2D eigenvalue weighted by atomic mass is 9.90. The zero-order valence-electron chi connectivity index (χ0n) is 12.8. The van der Waals surface area contributed by atoms with Crippen molar-refractivity contribution in [1.82, 2.24) is 0 Å². The van der Waals surface area contributed by atoms with Crippen LogP contribution < -0.4 is 10.5 Å². The lowest BCUT2D eigenvalue weighted by Gasteiger charge is -2.31. The summed E-state index contributed by atoms with van der Waals surface area (Å²) in [7, 11) is 1.70. The van der Waals surface area contributed by atoms with E-state index in [-0.39, 0.29) is 6.04 Å². The van der Waals surface area contributed by atoms with Gasteiger partial charge in [-0.1, -0.05) is 31.9 Å². The summed E-state index contributed by atoms with van der Waals surface area (Å²) in [6.45, 7) is 4.50. The lowest BCUT2D eigenvalue weighted by Crippen LogP contribution is -2.26. The van der Waals surface area contributed by atoms with Gasteiger partial charge in [-0.25, -0.2) is 0 Å². The van der Waals surface area contributed by atoms with Crippen LogP contribution in [-0.4, -0.2) is 18.4 Å². The van der Waals surface area contributed by atoms with Crippen LogP contribution in [0.3, 0.4) is 0 Å². The highest BCUT2D eigenvalue weighted by Crippen LogP contribution is 2.41. The second kappa shape index (κ2) is 7.37. The Morgan fingerprint density at radius 1 is 1.25 bits per heavy atom. The third kappa shape index (κ3) is 4.16. The van der Waals surface area contributed by atoms with E-state index in [1.165, 1.54) is 31.2 Å². The number of benzene rings is 1. The average molecular weight is 293 g/mol. The van der Waals surface area contributed by atoms with Crippen molar-refractivity contribution in [2.45, 2.75) is 56.1 Å². The molecule has 1 saturated carbocycles. The van der Waals surface area contributed by atoms with Gasteiger partial charge in [0.25, 0.3) is 0 Å². The molecule has 2 nitrogen and oxygen atoms in total. The fourth-order valence-electron chi connectivity index (χ4n) is 3.01. The van der Waals surface area contributed by atoms with E-state index in [2.05, 4.69) is 37.7 Å². The maximum Gasteiger partial charge on any atom is 0.118 e. The van der Waals surface area contributed by atoms with Gasteiger partial charge in [-0.15, -0.1) is 11.8 Å². The first-order valence-electron chi connectivity index (χ1n) is 7.65. The number of hydrogen-bond donors (Lipinski definition) is 1. The van der Waals surface area contributed by atoms with Crippen LogP contribution in [-0.2, 0) is 0 Å². The summed E-state index contributed by atoms with van der Waals surface area (Å²) in [6.07, 6.45) is 5.44. The lowest BCUT2D eigenvalue weighted by molar-refractivity contribution is 0.393. The molecule has 0 spiro atoms. The van der Waals surface area contributed by atoms with Gasteiger partial charge in [0.05, 0.1) is 7.11 Å². The van der Waals surface area contributed by atoms with Gasteiger partial charge in [0.1, 0.15) is 5.75 Å². The molecule has 1 aliphatic rings. The molecule has 0 aliphatic heterocycles. The smallest absolute Gasteiger partial charge is 0.118 e. The Bertz CT molecular complexity index is 404. The normalized spacial score (nSPS) is 26.0. The number of hydrogen-bond acceptors (Lipinski definition) is 3. The zero-order chi connectivity index (χ0) is 14.5. The van der Waals surface area contributed by atoms with Crippen molar-refractivity contribution in [3.8, 4) is 5.75 Å². The van der Waals surface area contributed by atoms with Crippen molar-refractivity contribution in [3.05, 3.63) is 29.8 Å². The fourth-order valence-corrected chi connectivity index (χ4v) is 4.73. The minimum absolute atomic E-state index is 0.172. The molecule has 1 fully saturated rings. The Morgan fingerprint density at radius 2 is 1.95 bits per heavy atom. The zero-order valence-corrected chi connectivity index (χ0v) is 13.7. The second-order valence-corrected chi connectivity index (χ2v) is 7.53. The van der Waals surface area contributed by atoms with E-state index in [1.807, 2.05) is 12.1 Å². The summed E-state index contributed by atoms with van der Waals surface area (Å²) >= 11 is 2.08. The third-order valence-corrected chi connectivity index (χ3v) is 5.96. The molecule has 3 heteroatoms. The van der Waals surface area contributed by atoms with Gasteiger partial charge in [0.2, 0.25) is 0 Å². The minimum Gasteiger partial charge on any atom is -0.497 e. The maximum absolute atomic E-state index is 6.24. The first-order valence-corrected chi connectivity index (χ1v) is 8.59. The summed E-state index contributed by atoms with van der Waals surface area (Å²) < 4.78 is 5.24. The van der Waals surface area contributed by atoms with Crippen molar-refractivity contribution < 1.29 is 4.74 Å². The molecular weight excluding hydrogens is 266 g/mol. The minimum atomic E-state index is 0.172. The van der Waals surface area contributed by atoms with Gasteiger partial charge >= 0.3 is 0 Å². The van der Waals surface area contributed by atoms with Crippen LogP contribution in [0, 0.1) is 5.92 Å². The molecule has 0 bridgehead atoms. The van der Waals surface area contributed by atoms with E-state index in [9.17, 15) is 0 Å². The summed E-state index contributed by atoms with van der Waals surface area (Å²) in [5.41, 5.74) is 7.56. The molecule has 1 aliphatic carbocycles. The van der Waals surface area contributed by atoms with Crippen LogP contribution >= 0.6 is 11.8 Å². The molecule has 20 heavy (non-hydrogen) atoms. The first kappa shape index (κ1) is 15.7. The van der Waals surface area contributed by atoms with E-state index < -0.39 is 0 Å². The highest BCUT2D eigenvalue weighted by atomic mass is 32.2. The molecule has 0 radical (unpaired) electrons. The molecule has 0 heterocycles. The standard InChI is InChI=1S/C17H27NOS/c1-12-5-4-6-16(11-12)20-17(13(2)18)14-7-9-15(19-3)10-8-14/h7-10,12-13,16-17H,4-6,11,18H2,1-3H3. The second-order valence-electron chi connectivity index (χ2n) is 6.08. The Hall–Kier alpha value is -0.670. The molecule has 0 saturated heterocycles. The third-order valence-electron chi connectivity index (χ3n) is 4.15. The molecule has 112 valence electrons. The van der Waals surface area contributed by atoms with E-state index >= 15 is 0 Å². The van der Waals surface area contributed by atoms with E-state index in [0.29, 0.717) is 5.25 Å². The van der Waals surface area contributed by atoms with Crippen LogP contribution in [0.4, 0.5) is 0 Å². The van der Waals surface area contributed by atoms with Gasteiger partial charge < -0.3 is 10.5 Å². The van der Waals surface area contributed by atoms with Gasteiger partial charge in [-0.3, -0.25) is 0 Å². The van der Waals surface area contributed by atoms with Crippen molar-refractivity contribution >= 4 is 11.8 Å². The van der Waals surface area contributed by atoms with Gasteiger partial charge in [0, 0.05) is 16.5 Å². The summed E-state index contributed by atoms with van der Waals surface area (Å²) in [4.78, 5) is 0. The number of nitrogens with two attached hydrogens (primary N) is 1. The van der Waals surface area contributed by atoms with Crippen LogP contribution in [0.2, 0.25) is 0 Å². The number of methoxy groups -OCH3 is 1. The van der Waals surface area contributed by atoms with Crippen LogP contribution in [0.5, 0.6) is 5.75 Å². The Balaban J connectivity index is 2.05. The average Bonchev–Trinajstić information content (AvgIpc) is 2.45. The van der Waals surface area contributed by atoms with Crippen molar-refractivity contribution in [2.24, 2.45) is 11.7 Å². The molecule has 1 aromatic rings. The molecule has 2 N–H and O–H groups in total. The monoisotopic (exact) mass is 293 g/mol. The number of ether oxygens (including phenoxy) is 1. The molecule has 2 rings (SSSR count). The Morgan fingerprint density at radius 3 is 2.50 bits per heavy atom. The predicted octanol–water partition coefficient (Wildman–Crippen LogP) is 4.40. The summed E-state index contributed by atoms with van der Waals surface area (Å²) in [5, 5.41) is 1.15. The van der Waals surface area contributed by atoms with Crippen molar-refractivity contribution in [1.29, 1.82) is 0 Å². The molecule has 4 atom stereocenters. The predicted molar refractivity (Wildman–Crippen MR) is 88.4 cm³/mol. The van der Waals surface area contributed by atoms with E-state index in [0.717, 1.165) is 16.9 Å². The SMILES string of the molecule is COc1ccc(C(SC2CCCC(C)C2)C(C)N)cc1. The van der Waals surface area contributed by atoms with Crippen LogP contribution in [0.15, 0.2) is 24.3 Å². The number of rotatable bonds is 5. The van der Waals surface area contributed by atoms with Crippen molar-refractivity contribution in [3.63, 3.8) is 0 Å². The van der Waals surface area contributed by atoms with Gasteiger partial charge in [-0.2, -0.15) is 0 Å². The van der Waals surface area contributed by atoms with Crippen molar-refractivity contribution in [2.75, 3.05) is 7.11 Å². The highest BCUT2D eigenvalue weighted by molar-refractivity contribution is 8.00. The quantitative estimate of drug-likeness (QED) is 0.874. The maximum atomic E-state index is 6.24. The summed E-state index contributed by atoms with van der Waals surface area (Å²) in [6, 6.07) is 8.56. The highest BCUT2D eigenvalue weighted by Gasteiger charge is 2.25. The summed E-state index contributed by atoms with van der Waals surface area (Å²) in [5.74, 6) is 1.78. The molecular formula is C17H27NOS. The topological polar surface area (TPSA) is 35.2 Å². The molecule has 1 aromatic carbocycles. The number of thioether (sulfide) groups is 1. The molecule has 0 aromatic heterocycles.